The van der Waals surface area contributed by atoms with Gasteiger partial charge in [-0.25, -0.2) is 0 Å². The SMILES string of the molecule is CC(C)CN(S)C=O. The maximum absolute atomic E-state index is 9.89. The number of thiol groups is 1. The van der Waals surface area contributed by atoms with Crippen molar-refractivity contribution < 1.29 is 4.79 Å². The van der Waals surface area contributed by atoms with Crippen LogP contribution in [0.15, 0.2) is 0 Å². The van der Waals surface area contributed by atoms with E-state index in [1.165, 1.54) is 4.31 Å². The lowest BCUT2D eigenvalue weighted by molar-refractivity contribution is -0.113. The van der Waals surface area contributed by atoms with E-state index in [0.29, 0.717) is 18.9 Å². The first-order valence-electron chi connectivity index (χ1n) is 2.57. The van der Waals surface area contributed by atoms with Crippen LogP contribution in [0.3, 0.4) is 0 Å². The Morgan fingerprint density at radius 3 is 2.38 bits per heavy atom. The molecule has 0 rings (SSSR count). The van der Waals surface area contributed by atoms with Crippen molar-refractivity contribution in [1.82, 2.24) is 4.31 Å². The van der Waals surface area contributed by atoms with Crippen LogP contribution in [0.25, 0.3) is 0 Å². The molecule has 0 saturated carbocycles. The van der Waals surface area contributed by atoms with Crippen LogP contribution < -0.4 is 0 Å². The van der Waals surface area contributed by atoms with Crippen LogP contribution in [-0.4, -0.2) is 17.3 Å². The Labute approximate surface area is 55.4 Å². The average Bonchev–Trinajstić information content (AvgIpc) is 1.65. The monoisotopic (exact) mass is 133 g/mol. The minimum Gasteiger partial charge on any atom is -0.291 e. The molecule has 0 N–H and O–H groups in total. The topological polar surface area (TPSA) is 20.3 Å². The third kappa shape index (κ3) is 3.99. The summed E-state index contributed by atoms with van der Waals surface area (Å²) in [6, 6.07) is 0. The Morgan fingerprint density at radius 1 is 1.75 bits per heavy atom. The predicted molar refractivity (Wildman–Crippen MR) is 36.6 cm³/mol. The van der Waals surface area contributed by atoms with Gasteiger partial charge in [0.05, 0.1) is 0 Å². The molecule has 1 amide bonds. The fourth-order valence-electron chi connectivity index (χ4n) is 0.417. The second-order valence-electron chi connectivity index (χ2n) is 2.12. The molecule has 0 saturated heterocycles. The van der Waals surface area contributed by atoms with E-state index >= 15 is 0 Å². The molecule has 0 bridgehead atoms. The van der Waals surface area contributed by atoms with Crippen molar-refractivity contribution in [2.45, 2.75) is 13.8 Å². The standard InChI is InChI=1S/C5H11NOS/c1-5(2)3-6(8)4-7/h4-5,8H,3H2,1-2H3. The molecular formula is C5H11NOS. The molecule has 0 radical (unpaired) electrons. The highest BCUT2D eigenvalue weighted by Gasteiger charge is 1.96. The highest BCUT2D eigenvalue weighted by molar-refractivity contribution is 7.78. The summed E-state index contributed by atoms with van der Waals surface area (Å²) in [4.78, 5) is 9.89. The van der Waals surface area contributed by atoms with E-state index in [1.54, 1.807) is 0 Å². The third-order valence-electron chi connectivity index (χ3n) is 0.674. The first kappa shape index (κ1) is 7.82. The number of hydrogen-bond donors (Lipinski definition) is 1. The average molecular weight is 133 g/mol. The van der Waals surface area contributed by atoms with Crippen LogP contribution in [-0.2, 0) is 4.79 Å². The van der Waals surface area contributed by atoms with Crippen molar-refractivity contribution in [3.05, 3.63) is 0 Å². The fraction of sp³-hybridized carbons (Fsp3) is 0.800. The van der Waals surface area contributed by atoms with Crippen LogP contribution >= 0.6 is 12.8 Å². The van der Waals surface area contributed by atoms with Crippen molar-refractivity contribution in [3.63, 3.8) is 0 Å². The van der Waals surface area contributed by atoms with E-state index in [9.17, 15) is 4.79 Å². The summed E-state index contributed by atoms with van der Waals surface area (Å²) in [5.74, 6) is 0.498. The molecule has 0 aromatic heterocycles. The summed E-state index contributed by atoms with van der Waals surface area (Å²) in [5.41, 5.74) is 0. The van der Waals surface area contributed by atoms with Gasteiger partial charge >= 0.3 is 0 Å². The number of hydrogen-bond acceptors (Lipinski definition) is 2. The fourth-order valence-corrected chi connectivity index (χ4v) is 0.744. The van der Waals surface area contributed by atoms with Crippen molar-refractivity contribution in [1.29, 1.82) is 0 Å². The molecule has 3 heteroatoms. The number of rotatable bonds is 3. The summed E-state index contributed by atoms with van der Waals surface area (Å²) < 4.78 is 1.34. The van der Waals surface area contributed by atoms with Gasteiger partial charge in [-0.05, 0) is 5.92 Å². The minimum atomic E-state index is 0.498. The van der Waals surface area contributed by atoms with Crippen LogP contribution in [0.4, 0.5) is 0 Å². The van der Waals surface area contributed by atoms with Crippen LogP contribution in [0.5, 0.6) is 0 Å². The number of carbonyl (C=O) groups excluding carboxylic acids is 1. The zero-order valence-corrected chi connectivity index (χ0v) is 6.06. The lowest BCUT2D eigenvalue weighted by atomic mass is 10.2. The van der Waals surface area contributed by atoms with Gasteiger partial charge in [-0.1, -0.05) is 26.7 Å². The van der Waals surface area contributed by atoms with Crippen molar-refractivity contribution in [3.8, 4) is 0 Å². The Hall–Kier alpha value is -0.180. The molecule has 2 nitrogen and oxygen atoms in total. The molecule has 0 aliphatic heterocycles. The van der Waals surface area contributed by atoms with E-state index < -0.39 is 0 Å². The molecule has 0 unspecified atom stereocenters. The molecule has 0 aliphatic rings. The van der Waals surface area contributed by atoms with E-state index in [0.717, 1.165) is 0 Å². The molecule has 0 aliphatic carbocycles. The highest BCUT2D eigenvalue weighted by atomic mass is 32.1. The lowest BCUT2D eigenvalue weighted by Crippen LogP contribution is -2.15. The first-order valence-corrected chi connectivity index (χ1v) is 2.97. The zero-order chi connectivity index (χ0) is 6.57. The molecule has 0 atom stereocenters. The van der Waals surface area contributed by atoms with Gasteiger partial charge in [-0.2, -0.15) is 0 Å². The lowest BCUT2D eigenvalue weighted by Gasteiger charge is -2.10. The van der Waals surface area contributed by atoms with Crippen molar-refractivity contribution >= 4 is 19.2 Å². The van der Waals surface area contributed by atoms with Gasteiger partial charge in [-0.15, -0.1) is 0 Å². The number of carbonyl (C=O) groups is 1. The molecule has 0 spiro atoms. The number of amides is 1. The van der Waals surface area contributed by atoms with Crippen molar-refractivity contribution in [2.75, 3.05) is 6.54 Å². The van der Waals surface area contributed by atoms with Gasteiger partial charge in [0.2, 0.25) is 6.41 Å². The van der Waals surface area contributed by atoms with Gasteiger partial charge in [-0.3, -0.25) is 9.10 Å². The Morgan fingerprint density at radius 2 is 2.25 bits per heavy atom. The molecule has 0 aromatic rings. The van der Waals surface area contributed by atoms with E-state index in [-0.39, 0.29) is 0 Å². The van der Waals surface area contributed by atoms with E-state index in [4.69, 9.17) is 0 Å². The summed E-state index contributed by atoms with van der Waals surface area (Å²) in [6.07, 6.45) is 0.711. The molecule has 8 heavy (non-hydrogen) atoms. The van der Waals surface area contributed by atoms with E-state index in [1.807, 2.05) is 13.8 Å². The van der Waals surface area contributed by atoms with Gasteiger partial charge in [0.25, 0.3) is 0 Å². The van der Waals surface area contributed by atoms with Crippen LogP contribution in [0, 0.1) is 5.92 Å². The second-order valence-corrected chi connectivity index (χ2v) is 2.64. The smallest absolute Gasteiger partial charge is 0.219 e. The Balaban J connectivity index is 3.23. The Bertz CT molecular complexity index is 74.8. The Kier molecular flexibility index (Phi) is 3.69. The summed E-state index contributed by atoms with van der Waals surface area (Å²) >= 11 is 3.83. The molecule has 0 heterocycles. The first-order chi connectivity index (χ1) is 3.66. The predicted octanol–water partition coefficient (Wildman–Crippen LogP) is 0.946. The highest BCUT2D eigenvalue weighted by Crippen LogP contribution is 1.96. The maximum Gasteiger partial charge on any atom is 0.219 e. The zero-order valence-electron chi connectivity index (χ0n) is 5.16. The van der Waals surface area contributed by atoms with Crippen molar-refractivity contribution in [2.24, 2.45) is 5.92 Å². The molecule has 48 valence electrons. The van der Waals surface area contributed by atoms with Gasteiger partial charge < -0.3 is 0 Å². The second kappa shape index (κ2) is 3.78. The van der Waals surface area contributed by atoms with E-state index in [2.05, 4.69) is 12.8 Å². The largest absolute Gasteiger partial charge is 0.291 e. The van der Waals surface area contributed by atoms with Gasteiger partial charge in [0.1, 0.15) is 0 Å². The minimum absolute atomic E-state index is 0.498. The maximum atomic E-state index is 9.89. The van der Waals surface area contributed by atoms with Crippen LogP contribution in [0.2, 0.25) is 0 Å². The summed E-state index contributed by atoms with van der Waals surface area (Å²) in [7, 11) is 0. The normalized spacial score (nSPS) is 9.50. The molecule has 0 fully saturated rings. The van der Waals surface area contributed by atoms with Crippen LogP contribution in [0.1, 0.15) is 13.8 Å². The summed E-state index contributed by atoms with van der Waals surface area (Å²) in [6.45, 7) is 4.78. The summed E-state index contributed by atoms with van der Waals surface area (Å²) in [5, 5.41) is 0. The third-order valence-corrected chi connectivity index (χ3v) is 0.931. The van der Waals surface area contributed by atoms with Gasteiger partial charge in [0.15, 0.2) is 0 Å². The molecular weight excluding hydrogens is 122 g/mol. The van der Waals surface area contributed by atoms with Gasteiger partial charge in [0, 0.05) is 6.54 Å². The molecule has 0 aromatic carbocycles. The quantitative estimate of drug-likeness (QED) is 0.449. The number of nitrogens with zero attached hydrogens (tertiary/aromatic N) is 1.